The summed E-state index contributed by atoms with van der Waals surface area (Å²) in [5.74, 6) is 0.910. The zero-order valence-electron chi connectivity index (χ0n) is 7.87. The minimum Gasteiger partial charge on any atom is -0.399 e. The maximum Gasteiger partial charge on any atom is 0.137 e. The smallest absolute Gasteiger partial charge is 0.137 e. The van der Waals surface area contributed by atoms with Gasteiger partial charge in [0, 0.05) is 23.0 Å². The Morgan fingerprint density at radius 1 is 1.50 bits per heavy atom. The molecule has 1 heterocycles. The SMILES string of the molecule is CCc1nc(=S)c2cc(N)ccc2[nH]1. The number of nitrogens with two attached hydrogens (primary N) is 1. The van der Waals surface area contributed by atoms with Crippen LogP contribution in [0.4, 0.5) is 5.69 Å². The maximum atomic E-state index is 5.68. The Labute approximate surface area is 87.0 Å². The van der Waals surface area contributed by atoms with Gasteiger partial charge >= 0.3 is 0 Å². The third-order valence-corrected chi connectivity index (χ3v) is 2.44. The fourth-order valence-electron chi connectivity index (χ4n) is 1.38. The molecule has 3 N–H and O–H groups in total. The fourth-order valence-corrected chi connectivity index (χ4v) is 1.66. The van der Waals surface area contributed by atoms with Crippen molar-refractivity contribution >= 4 is 28.8 Å². The van der Waals surface area contributed by atoms with E-state index in [1.165, 1.54) is 0 Å². The highest BCUT2D eigenvalue weighted by Gasteiger charge is 1.99. The average Bonchev–Trinajstić information content (AvgIpc) is 2.19. The predicted octanol–water partition coefficient (Wildman–Crippen LogP) is 2.44. The van der Waals surface area contributed by atoms with Crippen molar-refractivity contribution in [2.24, 2.45) is 0 Å². The van der Waals surface area contributed by atoms with Gasteiger partial charge in [0.05, 0.1) is 0 Å². The number of H-pyrrole nitrogens is 1. The lowest BCUT2D eigenvalue weighted by atomic mass is 10.2. The molecule has 0 spiro atoms. The lowest BCUT2D eigenvalue weighted by Crippen LogP contribution is -1.95. The Bertz CT molecular complexity index is 530. The van der Waals surface area contributed by atoms with Crippen molar-refractivity contribution < 1.29 is 0 Å². The normalized spacial score (nSPS) is 10.6. The van der Waals surface area contributed by atoms with E-state index in [9.17, 15) is 0 Å². The van der Waals surface area contributed by atoms with Crippen LogP contribution in [0.15, 0.2) is 18.2 Å². The molecular formula is C10H11N3S. The first kappa shape index (κ1) is 9.15. The van der Waals surface area contributed by atoms with Crippen LogP contribution in [0.25, 0.3) is 10.9 Å². The van der Waals surface area contributed by atoms with Crippen LogP contribution in [0.3, 0.4) is 0 Å². The number of benzene rings is 1. The number of hydrogen-bond donors (Lipinski definition) is 2. The summed E-state index contributed by atoms with van der Waals surface area (Å²) in [4.78, 5) is 7.48. The summed E-state index contributed by atoms with van der Waals surface area (Å²) in [6, 6.07) is 5.63. The molecule has 0 atom stereocenters. The number of aromatic amines is 1. The number of rotatable bonds is 1. The molecule has 14 heavy (non-hydrogen) atoms. The number of aromatic nitrogens is 2. The molecule has 0 fully saturated rings. The molecule has 2 rings (SSSR count). The van der Waals surface area contributed by atoms with E-state index in [4.69, 9.17) is 18.0 Å². The Hall–Kier alpha value is -1.42. The van der Waals surface area contributed by atoms with Crippen LogP contribution in [0.1, 0.15) is 12.7 Å². The minimum absolute atomic E-state index is 0.614. The first-order valence-corrected chi connectivity index (χ1v) is 4.90. The molecule has 1 aromatic heterocycles. The van der Waals surface area contributed by atoms with E-state index in [2.05, 4.69) is 9.97 Å². The molecule has 0 bridgehead atoms. The summed E-state index contributed by atoms with van der Waals surface area (Å²) in [5, 5.41) is 0.914. The maximum absolute atomic E-state index is 5.68. The van der Waals surface area contributed by atoms with Crippen molar-refractivity contribution in [3.8, 4) is 0 Å². The number of nitrogens with one attached hydrogen (secondary N) is 1. The molecule has 3 nitrogen and oxygen atoms in total. The topological polar surface area (TPSA) is 54.7 Å². The molecule has 72 valence electrons. The minimum atomic E-state index is 0.614. The lowest BCUT2D eigenvalue weighted by molar-refractivity contribution is 0.955. The average molecular weight is 205 g/mol. The van der Waals surface area contributed by atoms with Crippen molar-refractivity contribution in [3.05, 3.63) is 28.7 Å². The van der Waals surface area contributed by atoms with Crippen LogP contribution in [0.5, 0.6) is 0 Å². The van der Waals surface area contributed by atoms with Crippen LogP contribution < -0.4 is 5.73 Å². The predicted molar refractivity (Wildman–Crippen MR) is 60.7 cm³/mol. The Balaban J connectivity index is 2.83. The van der Waals surface area contributed by atoms with Gasteiger partial charge in [-0.15, -0.1) is 0 Å². The van der Waals surface area contributed by atoms with E-state index in [0.29, 0.717) is 10.3 Å². The standard InChI is InChI=1S/C10H11N3S/c1-2-9-12-8-4-3-6(11)5-7(8)10(14)13-9/h3-5H,2,11H2,1H3,(H,12,13,14). The van der Waals surface area contributed by atoms with Gasteiger partial charge in [-0.25, -0.2) is 4.98 Å². The fraction of sp³-hybridized carbons (Fsp3) is 0.200. The number of nitrogens with zero attached hydrogens (tertiary/aromatic N) is 1. The zero-order valence-corrected chi connectivity index (χ0v) is 8.69. The highest BCUT2D eigenvalue weighted by Crippen LogP contribution is 2.16. The Morgan fingerprint density at radius 3 is 3.00 bits per heavy atom. The van der Waals surface area contributed by atoms with E-state index in [0.717, 1.165) is 23.1 Å². The molecule has 0 saturated heterocycles. The van der Waals surface area contributed by atoms with Crippen molar-refractivity contribution in [2.75, 3.05) is 5.73 Å². The van der Waals surface area contributed by atoms with Gasteiger partial charge < -0.3 is 10.7 Å². The lowest BCUT2D eigenvalue weighted by Gasteiger charge is -2.02. The monoisotopic (exact) mass is 205 g/mol. The van der Waals surface area contributed by atoms with Gasteiger partial charge in [-0.3, -0.25) is 0 Å². The van der Waals surface area contributed by atoms with Crippen LogP contribution >= 0.6 is 12.2 Å². The van der Waals surface area contributed by atoms with Crippen LogP contribution in [-0.2, 0) is 6.42 Å². The summed E-state index contributed by atoms with van der Waals surface area (Å²) in [5.41, 5.74) is 7.38. The van der Waals surface area contributed by atoms with Gasteiger partial charge in [0.25, 0.3) is 0 Å². The molecule has 0 radical (unpaired) electrons. The highest BCUT2D eigenvalue weighted by molar-refractivity contribution is 7.71. The van der Waals surface area contributed by atoms with Crippen molar-refractivity contribution in [2.45, 2.75) is 13.3 Å². The molecule has 0 aliphatic rings. The molecule has 1 aromatic carbocycles. The number of fused-ring (bicyclic) bond motifs is 1. The largest absolute Gasteiger partial charge is 0.399 e. The van der Waals surface area contributed by atoms with Gasteiger partial charge in [0.2, 0.25) is 0 Å². The van der Waals surface area contributed by atoms with Gasteiger partial charge in [-0.2, -0.15) is 0 Å². The molecule has 2 aromatic rings. The second kappa shape index (κ2) is 3.38. The molecule has 0 amide bonds. The van der Waals surface area contributed by atoms with E-state index < -0.39 is 0 Å². The first-order chi connectivity index (χ1) is 6.70. The first-order valence-electron chi connectivity index (χ1n) is 4.49. The molecule has 0 saturated carbocycles. The molecule has 4 heteroatoms. The van der Waals surface area contributed by atoms with E-state index in [1.807, 2.05) is 25.1 Å². The third kappa shape index (κ3) is 1.48. The number of nitrogen functional groups attached to an aromatic ring is 1. The van der Waals surface area contributed by atoms with Crippen molar-refractivity contribution in [3.63, 3.8) is 0 Å². The Morgan fingerprint density at radius 2 is 2.29 bits per heavy atom. The Kier molecular flexibility index (Phi) is 2.21. The van der Waals surface area contributed by atoms with E-state index >= 15 is 0 Å². The summed E-state index contributed by atoms with van der Waals surface area (Å²) in [7, 11) is 0. The summed E-state index contributed by atoms with van der Waals surface area (Å²) >= 11 is 5.18. The van der Waals surface area contributed by atoms with Crippen LogP contribution in [0.2, 0.25) is 0 Å². The molecular weight excluding hydrogens is 194 g/mol. The second-order valence-corrected chi connectivity index (χ2v) is 3.53. The van der Waals surface area contributed by atoms with Gasteiger partial charge in [-0.05, 0) is 18.2 Å². The number of hydrogen-bond acceptors (Lipinski definition) is 3. The van der Waals surface area contributed by atoms with Gasteiger partial charge in [-0.1, -0.05) is 19.1 Å². The number of aryl methyl sites for hydroxylation is 1. The molecule has 0 aliphatic heterocycles. The summed E-state index contributed by atoms with van der Waals surface area (Å²) in [6.45, 7) is 2.04. The van der Waals surface area contributed by atoms with Crippen LogP contribution in [-0.4, -0.2) is 9.97 Å². The van der Waals surface area contributed by atoms with E-state index in [1.54, 1.807) is 0 Å². The number of anilines is 1. The van der Waals surface area contributed by atoms with E-state index in [-0.39, 0.29) is 0 Å². The zero-order chi connectivity index (χ0) is 10.1. The van der Waals surface area contributed by atoms with Gasteiger partial charge in [0.1, 0.15) is 10.5 Å². The van der Waals surface area contributed by atoms with Crippen LogP contribution in [0, 0.1) is 4.64 Å². The van der Waals surface area contributed by atoms with Gasteiger partial charge in [0.15, 0.2) is 0 Å². The molecule has 0 aliphatic carbocycles. The van der Waals surface area contributed by atoms with Crippen molar-refractivity contribution in [1.82, 2.24) is 9.97 Å². The molecule has 0 unspecified atom stereocenters. The summed E-state index contributed by atoms with van der Waals surface area (Å²) in [6.07, 6.45) is 0.851. The quantitative estimate of drug-likeness (QED) is 0.555. The third-order valence-electron chi connectivity index (χ3n) is 2.12. The summed E-state index contributed by atoms with van der Waals surface area (Å²) < 4.78 is 0.614. The van der Waals surface area contributed by atoms with Crippen molar-refractivity contribution in [1.29, 1.82) is 0 Å². The second-order valence-electron chi connectivity index (χ2n) is 3.15. The highest BCUT2D eigenvalue weighted by atomic mass is 32.1.